The molecule has 0 radical (unpaired) electrons. The molecule has 1 aromatic rings. The largest absolute Gasteiger partial charge is 0.493 e. The zero-order valence-electron chi connectivity index (χ0n) is 18.0. The van der Waals surface area contributed by atoms with Crippen LogP contribution in [0.15, 0.2) is 30.1 Å². The van der Waals surface area contributed by atoms with Crippen LogP contribution in [-0.2, 0) is 21.5 Å². The topological polar surface area (TPSA) is 47.6 Å². The SMILES string of the molecule is [2H]C([2H])([2H])OC1CCC2(CC1)Cc1ccc(OCCCF)cc1C21C=C(F)C(=O)N1. The van der Waals surface area contributed by atoms with Gasteiger partial charge < -0.3 is 14.8 Å². The Kier molecular flexibility index (Phi) is 3.84. The summed E-state index contributed by atoms with van der Waals surface area (Å²) >= 11 is 0. The Balaban J connectivity index is 1.65. The third-order valence-corrected chi connectivity index (χ3v) is 6.35. The van der Waals surface area contributed by atoms with E-state index in [1.165, 1.54) is 6.08 Å². The van der Waals surface area contributed by atoms with E-state index < -0.39 is 42.5 Å². The maximum atomic E-state index is 14.4. The summed E-state index contributed by atoms with van der Waals surface area (Å²) in [6.45, 7) is -0.236. The Labute approximate surface area is 162 Å². The average Bonchev–Trinajstić information content (AvgIpc) is 3.11. The van der Waals surface area contributed by atoms with Crippen molar-refractivity contribution in [3.05, 3.63) is 41.2 Å². The molecule has 1 aliphatic heterocycles. The van der Waals surface area contributed by atoms with Crippen molar-refractivity contribution in [3.8, 4) is 5.75 Å². The van der Waals surface area contributed by atoms with Crippen LogP contribution in [0.25, 0.3) is 0 Å². The Morgan fingerprint density at radius 2 is 2.19 bits per heavy atom. The van der Waals surface area contributed by atoms with Crippen LogP contribution in [0.5, 0.6) is 5.75 Å². The van der Waals surface area contributed by atoms with Crippen LogP contribution >= 0.6 is 0 Å². The summed E-state index contributed by atoms with van der Waals surface area (Å²) < 4.78 is 59.6. The molecule has 0 aromatic heterocycles. The average molecular weight is 380 g/mol. The number of carbonyl (C=O) groups is 1. The van der Waals surface area contributed by atoms with E-state index in [-0.39, 0.29) is 13.0 Å². The minimum absolute atomic E-state index is 0.234. The van der Waals surface area contributed by atoms with Crippen LogP contribution in [0.4, 0.5) is 8.78 Å². The maximum absolute atomic E-state index is 14.4. The summed E-state index contributed by atoms with van der Waals surface area (Å²) in [7, 11) is -2.45. The summed E-state index contributed by atoms with van der Waals surface area (Å²) in [5.74, 6) is -1.01. The van der Waals surface area contributed by atoms with E-state index in [0.29, 0.717) is 37.9 Å². The Morgan fingerprint density at radius 1 is 1.37 bits per heavy atom. The summed E-state index contributed by atoms with van der Waals surface area (Å²) in [4.78, 5) is 12.2. The lowest BCUT2D eigenvalue weighted by Crippen LogP contribution is -2.53. The van der Waals surface area contributed by atoms with Gasteiger partial charge in [-0.15, -0.1) is 0 Å². The summed E-state index contributed by atoms with van der Waals surface area (Å²) in [6.07, 6.45) is 4.10. The lowest BCUT2D eigenvalue weighted by Gasteiger charge is -2.47. The molecule has 0 bridgehead atoms. The molecule has 146 valence electrons. The number of carbonyl (C=O) groups excluding carboxylic acids is 1. The van der Waals surface area contributed by atoms with Gasteiger partial charge in [0, 0.05) is 18.9 Å². The van der Waals surface area contributed by atoms with Crippen molar-refractivity contribution in [1.29, 1.82) is 0 Å². The fraction of sp³-hybridized carbons (Fsp3) is 0.571. The van der Waals surface area contributed by atoms with Gasteiger partial charge in [-0.05, 0) is 61.4 Å². The minimum Gasteiger partial charge on any atom is -0.493 e. The quantitative estimate of drug-likeness (QED) is 0.792. The first-order chi connectivity index (χ1) is 14.2. The first-order valence-corrected chi connectivity index (χ1v) is 9.39. The van der Waals surface area contributed by atoms with Crippen molar-refractivity contribution in [3.63, 3.8) is 0 Å². The highest BCUT2D eigenvalue weighted by Gasteiger charge is 2.60. The minimum atomic E-state index is -2.45. The van der Waals surface area contributed by atoms with Crippen LogP contribution in [0.2, 0.25) is 0 Å². The number of methoxy groups -OCH3 is 1. The van der Waals surface area contributed by atoms with Crippen molar-refractivity contribution in [2.45, 2.75) is 50.2 Å². The van der Waals surface area contributed by atoms with Crippen molar-refractivity contribution >= 4 is 5.91 Å². The number of alkyl halides is 1. The highest BCUT2D eigenvalue weighted by Crippen LogP contribution is 2.60. The fourth-order valence-electron chi connectivity index (χ4n) is 4.99. The normalized spacial score (nSPS) is 34.0. The maximum Gasteiger partial charge on any atom is 0.280 e. The predicted octanol–water partition coefficient (Wildman–Crippen LogP) is 3.74. The van der Waals surface area contributed by atoms with E-state index in [9.17, 15) is 13.6 Å². The molecule has 1 atom stereocenters. The number of fused-ring (bicyclic) bond motifs is 3. The van der Waals surface area contributed by atoms with Crippen molar-refractivity contribution < 1.29 is 27.2 Å². The van der Waals surface area contributed by atoms with Gasteiger partial charge in [-0.1, -0.05) is 6.07 Å². The Bertz CT molecular complexity index is 866. The van der Waals surface area contributed by atoms with Gasteiger partial charge in [0.05, 0.1) is 29.0 Å². The summed E-state index contributed by atoms with van der Waals surface area (Å²) in [6, 6.07) is 5.53. The van der Waals surface area contributed by atoms with Gasteiger partial charge in [0.1, 0.15) is 5.75 Å². The molecule has 2 spiro atoms. The molecular weight excluding hydrogens is 352 g/mol. The van der Waals surface area contributed by atoms with Gasteiger partial charge >= 0.3 is 0 Å². The van der Waals surface area contributed by atoms with E-state index in [1.807, 2.05) is 18.2 Å². The van der Waals surface area contributed by atoms with Crippen molar-refractivity contribution in [1.82, 2.24) is 5.32 Å². The third-order valence-electron chi connectivity index (χ3n) is 6.35. The molecule has 1 aromatic carbocycles. The highest BCUT2D eigenvalue weighted by atomic mass is 19.1. The molecule has 1 heterocycles. The van der Waals surface area contributed by atoms with E-state index >= 15 is 0 Å². The van der Waals surface area contributed by atoms with Crippen LogP contribution in [0.1, 0.15) is 47.3 Å². The summed E-state index contributed by atoms with van der Waals surface area (Å²) in [5, 5.41) is 2.88. The van der Waals surface area contributed by atoms with Gasteiger partial charge in [0.25, 0.3) is 5.91 Å². The number of amides is 1. The lowest BCUT2D eigenvalue weighted by molar-refractivity contribution is -0.120. The number of hydrogen-bond acceptors (Lipinski definition) is 3. The zero-order chi connectivity index (χ0) is 21.6. The number of nitrogens with one attached hydrogen (secondary N) is 1. The molecule has 1 amide bonds. The zero-order valence-corrected chi connectivity index (χ0v) is 15.0. The first kappa shape index (κ1) is 15.0. The number of ether oxygens (including phenoxy) is 2. The number of hydrogen-bond donors (Lipinski definition) is 1. The summed E-state index contributed by atoms with van der Waals surface area (Å²) in [5.41, 5.74) is 0.310. The van der Waals surface area contributed by atoms with Gasteiger partial charge in [0.15, 0.2) is 5.83 Å². The second-order valence-electron chi connectivity index (χ2n) is 7.74. The molecule has 4 rings (SSSR count). The predicted molar refractivity (Wildman–Crippen MR) is 96.9 cm³/mol. The smallest absolute Gasteiger partial charge is 0.280 e. The Morgan fingerprint density at radius 3 is 2.85 bits per heavy atom. The molecule has 0 saturated heterocycles. The fourth-order valence-corrected chi connectivity index (χ4v) is 4.99. The van der Waals surface area contributed by atoms with Gasteiger partial charge in [-0.3, -0.25) is 9.18 Å². The lowest BCUT2D eigenvalue weighted by atomic mass is 9.62. The molecule has 3 aliphatic rings. The van der Waals surface area contributed by atoms with Gasteiger partial charge in [-0.25, -0.2) is 4.39 Å². The molecular formula is C21H25F2NO3. The third kappa shape index (κ3) is 2.85. The first-order valence-electron chi connectivity index (χ1n) is 10.9. The van der Waals surface area contributed by atoms with Gasteiger partial charge in [0.2, 0.25) is 0 Å². The molecule has 1 unspecified atom stereocenters. The Hall–Kier alpha value is -1.95. The van der Waals surface area contributed by atoms with E-state index in [2.05, 4.69) is 5.32 Å². The van der Waals surface area contributed by atoms with Crippen molar-refractivity contribution in [2.75, 3.05) is 20.3 Å². The monoisotopic (exact) mass is 380 g/mol. The van der Waals surface area contributed by atoms with Crippen LogP contribution < -0.4 is 10.1 Å². The molecule has 1 saturated carbocycles. The van der Waals surface area contributed by atoms with Crippen LogP contribution in [0, 0.1) is 5.41 Å². The molecule has 27 heavy (non-hydrogen) atoms. The number of rotatable bonds is 5. The standard InChI is InChI=1S/C21H25F2NO3/c1-26-15-5-7-20(8-6-15)12-14-3-4-16(27-10-2-9-22)11-17(14)21(20)13-18(23)19(25)24-21/h3-4,11,13,15H,2,5-10,12H2,1H3,(H,24,25)/i1D3. The second-order valence-corrected chi connectivity index (χ2v) is 7.74. The molecule has 1 N–H and O–H groups in total. The highest BCUT2D eigenvalue weighted by molar-refractivity contribution is 5.95. The number of halogens is 2. The van der Waals surface area contributed by atoms with Crippen LogP contribution in [-0.4, -0.2) is 32.3 Å². The van der Waals surface area contributed by atoms with E-state index in [0.717, 1.165) is 11.1 Å². The molecule has 6 heteroatoms. The molecule has 1 fully saturated rings. The van der Waals surface area contributed by atoms with E-state index in [1.54, 1.807) is 0 Å². The molecule has 4 nitrogen and oxygen atoms in total. The van der Waals surface area contributed by atoms with E-state index in [4.69, 9.17) is 13.6 Å². The van der Waals surface area contributed by atoms with Crippen LogP contribution in [0.3, 0.4) is 0 Å². The van der Waals surface area contributed by atoms with Gasteiger partial charge in [-0.2, -0.15) is 0 Å². The van der Waals surface area contributed by atoms with Crippen molar-refractivity contribution in [2.24, 2.45) is 5.41 Å². The number of benzene rings is 1. The second kappa shape index (κ2) is 6.89. The molecule has 2 aliphatic carbocycles.